The first kappa shape index (κ1) is 17.7. The Morgan fingerprint density at radius 2 is 2.08 bits per heavy atom. The van der Waals surface area contributed by atoms with Crippen molar-refractivity contribution in [2.24, 2.45) is 10.2 Å². The van der Waals surface area contributed by atoms with Gasteiger partial charge >= 0.3 is 5.97 Å². The average Bonchev–Trinajstić information content (AvgIpc) is 2.91. The number of esters is 1. The van der Waals surface area contributed by atoms with Crippen LogP contribution in [-0.2, 0) is 16.1 Å². The highest BCUT2D eigenvalue weighted by Crippen LogP contribution is 2.38. The number of methoxy groups -OCH3 is 1. The molecule has 1 aromatic carbocycles. The van der Waals surface area contributed by atoms with E-state index in [4.69, 9.17) is 0 Å². The van der Waals surface area contributed by atoms with Crippen LogP contribution in [0.25, 0.3) is 10.9 Å². The number of amides is 1. The number of aromatic hydroxyl groups is 1. The smallest absolute Gasteiger partial charge is 0.325 e. The number of ether oxygens (including phenoxy) is 1. The number of benzene rings is 1. The molecule has 0 spiro atoms. The molecule has 8 nitrogen and oxygen atoms in total. The molecule has 3 aromatic rings. The highest BCUT2D eigenvalue weighted by molar-refractivity contribution is 9.10. The number of azo groups is 1. The number of aromatic nitrogens is 2. The number of pyridine rings is 1. The van der Waals surface area contributed by atoms with Gasteiger partial charge in [-0.3, -0.25) is 19.1 Å². The van der Waals surface area contributed by atoms with E-state index in [2.05, 4.69) is 35.9 Å². The molecule has 3 rings (SSSR count). The van der Waals surface area contributed by atoms with Gasteiger partial charge in [0.15, 0.2) is 5.69 Å². The Morgan fingerprint density at radius 3 is 2.81 bits per heavy atom. The van der Waals surface area contributed by atoms with Gasteiger partial charge in [0.25, 0.3) is 5.91 Å². The summed E-state index contributed by atoms with van der Waals surface area (Å²) in [5.41, 5.74) is 0.919. The number of para-hydroxylation sites is 1. The van der Waals surface area contributed by atoms with E-state index in [-0.39, 0.29) is 23.7 Å². The maximum atomic E-state index is 12.2. The summed E-state index contributed by atoms with van der Waals surface area (Å²) >= 11 is 3.23. The summed E-state index contributed by atoms with van der Waals surface area (Å²) in [4.78, 5) is 27.7. The fourth-order valence-corrected chi connectivity index (χ4v) is 2.77. The first-order valence-corrected chi connectivity index (χ1v) is 8.24. The molecule has 132 valence electrons. The molecule has 0 bridgehead atoms. The Morgan fingerprint density at radius 1 is 1.31 bits per heavy atom. The quantitative estimate of drug-likeness (QED) is 0.516. The third kappa shape index (κ3) is 3.47. The van der Waals surface area contributed by atoms with Gasteiger partial charge in [-0.15, -0.1) is 10.2 Å². The molecule has 0 atom stereocenters. The minimum Gasteiger partial charge on any atom is -0.493 e. The number of carbonyl (C=O) groups excluding carboxylic acids is 2. The highest BCUT2D eigenvalue weighted by Gasteiger charge is 2.19. The van der Waals surface area contributed by atoms with Crippen LogP contribution in [0, 0.1) is 0 Å². The Kier molecular flexibility index (Phi) is 5.08. The molecule has 2 aromatic heterocycles. The van der Waals surface area contributed by atoms with Crippen molar-refractivity contribution in [1.82, 2.24) is 9.55 Å². The lowest BCUT2D eigenvalue weighted by molar-refractivity contribution is -0.141. The third-order valence-electron chi connectivity index (χ3n) is 3.62. The number of carbonyl (C=O) groups is 2. The fourth-order valence-electron chi connectivity index (χ4n) is 2.41. The van der Waals surface area contributed by atoms with E-state index >= 15 is 0 Å². The van der Waals surface area contributed by atoms with E-state index < -0.39 is 11.9 Å². The molecule has 0 saturated heterocycles. The third-order valence-corrected chi connectivity index (χ3v) is 4.06. The molecule has 1 N–H and O–H groups in total. The summed E-state index contributed by atoms with van der Waals surface area (Å²) < 4.78 is 6.63. The molecule has 0 aliphatic carbocycles. The Balaban J connectivity index is 2.01. The van der Waals surface area contributed by atoms with E-state index in [1.807, 2.05) is 0 Å². The van der Waals surface area contributed by atoms with Crippen LogP contribution in [0.3, 0.4) is 0 Å². The van der Waals surface area contributed by atoms with E-state index in [1.54, 1.807) is 36.5 Å². The first-order chi connectivity index (χ1) is 12.5. The second-order valence-electron chi connectivity index (χ2n) is 5.25. The maximum Gasteiger partial charge on any atom is 0.325 e. The predicted molar refractivity (Wildman–Crippen MR) is 96.4 cm³/mol. The Labute approximate surface area is 156 Å². The van der Waals surface area contributed by atoms with Gasteiger partial charge in [-0.25, -0.2) is 0 Å². The summed E-state index contributed by atoms with van der Waals surface area (Å²) in [5, 5.41) is 18.6. The molecule has 9 heteroatoms. The first-order valence-electron chi connectivity index (χ1n) is 7.45. The largest absolute Gasteiger partial charge is 0.493 e. The number of hydrogen-bond acceptors (Lipinski definition) is 6. The summed E-state index contributed by atoms with van der Waals surface area (Å²) in [5.74, 6) is -1.41. The van der Waals surface area contributed by atoms with Crippen molar-refractivity contribution in [2.75, 3.05) is 7.11 Å². The van der Waals surface area contributed by atoms with Crippen LogP contribution in [0.5, 0.6) is 5.88 Å². The van der Waals surface area contributed by atoms with Gasteiger partial charge in [-0.2, -0.15) is 0 Å². The lowest BCUT2D eigenvalue weighted by Gasteiger charge is -2.04. The maximum absolute atomic E-state index is 12.2. The normalized spacial score (nSPS) is 11.2. The molecule has 0 aliphatic heterocycles. The SMILES string of the molecule is COC(=O)Cn1c(O)c(N=NC(=O)c2cncc(Br)c2)c2ccccc21. The summed E-state index contributed by atoms with van der Waals surface area (Å²) in [6.07, 6.45) is 2.91. The van der Waals surface area contributed by atoms with Crippen molar-refractivity contribution in [3.8, 4) is 5.88 Å². The minimum atomic E-state index is -0.608. The Bertz CT molecular complexity index is 1030. The number of hydrogen-bond donors (Lipinski definition) is 1. The standard InChI is InChI=1S/C17H13BrN4O4/c1-26-14(23)9-22-13-5-3-2-4-12(13)15(17(22)25)20-21-16(24)10-6-11(18)8-19-7-10/h2-8,25H,9H2,1H3. The van der Waals surface area contributed by atoms with Crippen LogP contribution >= 0.6 is 15.9 Å². The molecule has 0 saturated carbocycles. The van der Waals surface area contributed by atoms with Crippen molar-refractivity contribution in [2.45, 2.75) is 6.54 Å². The lowest BCUT2D eigenvalue weighted by Crippen LogP contribution is -2.10. The van der Waals surface area contributed by atoms with Crippen LogP contribution in [-0.4, -0.2) is 33.6 Å². The molecular formula is C17H13BrN4O4. The fraction of sp³-hybridized carbons (Fsp3) is 0.118. The van der Waals surface area contributed by atoms with Crippen molar-refractivity contribution < 1.29 is 19.4 Å². The molecule has 1 amide bonds. The molecule has 0 unspecified atom stereocenters. The number of fused-ring (bicyclic) bond motifs is 1. The molecule has 2 heterocycles. The minimum absolute atomic E-state index is 0.0980. The highest BCUT2D eigenvalue weighted by atomic mass is 79.9. The molecule has 0 fully saturated rings. The van der Waals surface area contributed by atoms with E-state index in [0.29, 0.717) is 15.4 Å². The molecular weight excluding hydrogens is 404 g/mol. The molecule has 0 aliphatic rings. The van der Waals surface area contributed by atoms with Crippen molar-refractivity contribution in [1.29, 1.82) is 0 Å². The summed E-state index contributed by atoms with van der Waals surface area (Å²) in [7, 11) is 1.26. The predicted octanol–water partition coefficient (Wildman–Crippen LogP) is 3.60. The van der Waals surface area contributed by atoms with Gasteiger partial charge in [0.2, 0.25) is 5.88 Å². The zero-order valence-corrected chi connectivity index (χ0v) is 15.2. The zero-order valence-electron chi connectivity index (χ0n) is 13.6. The van der Waals surface area contributed by atoms with Gasteiger partial charge in [0.05, 0.1) is 18.2 Å². The number of nitrogens with zero attached hydrogens (tertiary/aromatic N) is 4. The van der Waals surface area contributed by atoms with E-state index in [1.165, 1.54) is 17.9 Å². The molecule has 0 radical (unpaired) electrons. The van der Waals surface area contributed by atoms with E-state index in [9.17, 15) is 14.7 Å². The van der Waals surface area contributed by atoms with Crippen LogP contribution in [0.1, 0.15) is 10.4 Å². The average molecular weight is 417 g/mol. The van der Waals surface area contributed by atoms with Gasteiger partial charge in [0.1, 0.15) is 6.54 Å². The van der Waals surface area contributed by atoms with Crippen LogP contribution < -0.4 is 0 Å². The number of halogens is 1. The van der Waals surface area contributed by atoms with Gasteiger partial charge in [-0.1, -0.05) is 18.2 Å². The van der Waals surface area contributed by atoms with Gasteiger partial charge in [-0.05, 0) is 28.1 Å². The second kappa shape index (κ2) is 7.44. The molecule has 26 heavy (non-hydrogen) atoms. The van der Waals surface area contributed by atoms with Gasteiger partial charge < -0.3 is 9.84 Å². The summed E-state index contributed by atoms with van der Waals surface area (Å²) in [6.45, 7) is -0.193. The zero-order chi connectivity index (χ0) is 18.7. The Hall–Kier alpha value is -3.07. The van der Waals surface area contributed by atoms with Gasteiger partial charge in [0, 0.05) is 22.3 Å². The van der Waals surface area contributed by atoms with Crippen molar-refractivity contribution in [3.05, 3.63) is 52.8 Å². The second-order valence-corrected chi connectivity index (χ2v) is 6.16. The lowest BCUT2D eigenvalue weighted by atomic mass is 10.2. The monoisotopic (exact) mass is 416 g/mol. The topological polar surface area (TPSA) is 106 Å². The van der Waals surface area contributed by atoms with E-state index in [0.717, 1.165) is 0 Å². The van der Waals surface area contributed by atoms with Crippen LogP contribution in [0.4, 0.5) is 5.69 Å². The summed E-state index contributed by atoms with van der Waals surface area (Å²) in [6, 6.07) is 8.51. The van der Waals surface area contributed by atoms with Crippen LogP contribution in [0.2, 0.25) is 0 Å². The van der Waals surface area contributed by atoms with Crippen LogP contribution in [0.15, 0.2) is 57.4 Å². The number of rotatable bonds is 4. The van der Waals surface area contributed by atoms with Crippen molar-refractivity contribution >= 4 is 44.4 Å². The van der Waals surface area contributed by atoms with Crippen molar-refractivity contribution in [3.63, 3.8) is 0 Å².